The Hall–Kier alpha value is -1.70. The Kier molecular flexibility index (Phi) is 8.22. The number of hydrogen-bond donors (Lipinski definition) is 0. The van der Waals surface area contributed by atoms with E-state index in [1.807, 2.05) is 0 Å². The summed E-state index contributed by atoms with van der Waals surface area (Å²) in [6, 6.07) is -0.882. The van der Waals surface area contributed by atoms with Gasteiger partial charge in [-0.3, -0.25) is 9.59 Å². The Morgan fingerprint density at radius 1 is 1.29 bits per heavy atom. The van der Waals surface area contributed by atoms with Crippen LogP contribution in [0.2, 0.25) is 0 Å². The van der Waals surface area contributed by atoms with Crippen molar-refractivity contribution in [2.24, 2.45) is 17.0 Å². The summed E-state index contributed by atoms with van der Waals surface area (Å²) in [4.78, 5) is 28.8. The number of esters is 1. The zero-order valence-electron chi connectivity index (χ0n) is 16.6. The van der Waals surface area contributed by atoms with Crippen LogP contribution in [0.15, 0.2) is 5.11 Å². The summed E-state index contributed by atoms with van der Waals surface area (Å²) in [5.41, 5.74) is 8.49. The molecular formula is C17H26B2N4O5. The SMILES string of the molecule is [B]C1CC(OC(=O)CN(CC2OC([B])CC2C(C)C)C(=O)CN=[N+]=[N-])C(C)O1. The summed E-state index contributed by atoms with van der Waals surface area (Å²) in [6.07, 6.45) is -0.000790. The number of rotatable bonds is 8. The average molecular weight is 388 g/mol. The van der Waals surface area contributed by atoms with Crippen LogP contribution >= 0.6 is 0 Å². The van der Waals surface area contributed by atoms with Crippen molar-refractivity contribution in [2.75, 3.05) is 19.6 Å². The third-order valence-electron chi connectivity index (χ3n) is 5.19. The minimum Gasteiger partial charge on any atom is -0.458 e. The molecule has 2 saturated heterocycles. The van der Waals surface area contributed by atoms with Crippen LogP contribution in [0, 0.1) is 11.8 Å². The van der Waals surface area contributed by atoms with Crippen molar-refractivity contribution in [3.8, 4) is 0 Å². The van der Waals surface area contributed by atoms with Gasteiger partial charge in [-0.1, -0.05) is 19.0 Å². The van der Waals surface area contributed by atoms with Gasteiger partial charge in [-0.25, -0.2) is 0 Å². The zero-order chi connectivity index (χ0) is 20.8. The standard InChI is InChI=1S/C17H26B2N4O5/c1-9(2)11-4-14(18)27-13(11)7-23(16(24)6-21-22-20)8-17(25)28-12-5-15(19)26-10(12)3/h9-15H,4-8H2,1-3H3. The van der Waals surface area contributed by atoms with E-state index in [1.165, 1.54) is 4.90 Å². The molecule has 11 heteroatoms. The molecule has 0 aromatic heterocycles. The molecule has 0 spiro atoms. The molecule has 9 nitrogen and oxygen atoms in total. The second-order valence-electron chi connectivity index (χ2n) is 7.66. The van der Waals surface area contributed by atoms with Crippen molar-refractivity contribution < 1.29 is 23.8 Å². The minimum absolute atomic E-state index is 0.155. The summed E-state index contributed by atoms with van der Waals surface area (Å²) in [7, 11) is 11.6. The predicted molar refractivity (Wildman–Crippen MR) is 103 cm³/mol. The fraction of sp³-hybridized carbons (Fsp3) is 0.882. The van der Waals surface area contributed by atoms with Crippen molar-refractivity contribution in [3.05, 3.63) is 10.4 Å². The summed E-state index contributed by atoms with van der Waals surface area (Å²) in [5.74, 6) is -0.597. The molecule has 0 N–H and O–H groups in total. The van der Waals surface area contributed by atoms with Crippen LogP contribution in [-0.2, 0) is 23.8 Å². The number of nitrogens with zero attached hydrogens (tertiary/aromatic N) is 4. The molecule has 0 aromatic rings. The first-order chi connectivity index (χ1) is 13.2. The molecule has 4 radical (unpaired) electrons. The van der Waals surface area contributed by atoms with E-state index in [9.17, 15) is 9.59 Å². The third kappa shape index (κ3) is 6.15. The first-order valence-corrected chi connectivity index (χ1v) is 9.51. The number of ether oxygens (including phenoxy) is 3. The lowest BCUT2D eigenvalue weighted by molar-refractivity contribution is -0.156. The Bertz CT molecular complexity index is 616. The van der Waals surface area contributed by atoms with Crippen LogP contribution in [0.25, 0.3) is 10.4 Å². The van der Waals surface area contributed by atoms with Crippen LogP contribution in [0.4, 0.5) is 0 Å². The monoisotopic (exact) mass is 388 g/mol. The Labute approximate surface area is 167 Å². The highest BCUT2D eigenvalue weighted by molar-refractivity contribution is 6.11. The number of carbonyl (C=O) groups is 2. The van der Waals surface area contributed by atoms with Crippen molar-refractivity contribution in [1.29, 1.82) is 0 Å². The lowest BCUT2D eigenvalue weighted by Gasteiger charge is -2.29. The Morgan fingerprint density at radius 2 is 1.96 bits per heavy atom. The fourth-order valence-electron chi connectivity index (χ4n) is 3.69. The number of carbonyl (C=O) groups excluding carboxylic acids is 2. The maximum atomic E-state index is 12.5. The van der Waals surface area contributed by atoms with Crippen LogP contribution in [0.5, 0.6) is 0 Å². The lowest BCUT2D eigenvalue weighted by Crippen LogP contribution is -2.45. The highest BCUT2D eigenvalue weighted by atomic mass is 16.6. The summed E-state index contributed by atoms with van der Waals surface area (Å²) < 4.78 is 16.6. The molecule has 0 aliphatic carbocycles. The van der Waals surface area contributed by atoms with Crippen LogP contribution in [0.1, 0.15) is 33.6 Å². The van der Waals surface area contributed by atoms with E-state index in [-0.39, 0.29) is 37.8 Å². The van der Waals surface area contributed by atoms with Crippen molar-refractivity contribution in [2.45, 2.75) is 63.9 Å². The van der Waals surface area contributed by atoms with Gasteiger partial charge in [-0.05, 0) is 30.7 Å². The van der Waals surface area contributed by atoms with E-state index in [0.29, 0.717) is 18.8 Å². The molecule has 1 amide bonds. The van der Waals surface area contributed by atoms with Gasteiger partial charge in [-0.2, -0.15) is 0 Å². The van der Waals surface area contributed by atoms with Crippen molar-refractivity contribution in [1.82, 2.24) is 4.90 Å². The molecule has 0 bridgehead atoms. The highest BCUT2D eigenvalue weighted by Gasteiger charge is 2.37. The topological polar surface area (TPSA) is 114 Å². The van der Waals surface area contributed by atoms with Gasteiger partial charge in [0.15, 0.2) is 0 Å². The number of azide groups is 1. The second-order valence-corrected chi connectivity index (χ2v) is 7.66. The molecule has 0 aromatic carbocycles. The molecule has 150 valence electrons. The Balaban J connectivity index is 2.03. The average Bonchev–Trinajstić information content (AvgIpc) is 3.13. The van der Waals surface area contributed by atoms with E-state index in [1.54, 1.807) is 6.92 Å². The largest absolute Gasteiger partial charge is 0.458 e. The molecule has 2 rings (SSSR count). The summed E-state index contributed by atoms with van der Waals surface area (Å²) in [6.45, 7) is 5.40. The van der Waals surface area contributed by atoms with Gasteiger partial charge in [0.1, 0.15) is 34.9 Å². The van der Waals surface area contributed by atoms with E-state index in [0.717, 1.165) is 0 Å². The maximum absolute atomic E-state index is 12.5. The second kappa shape index (κ2) is 10.2. The normalized spacial score (nSPS) is 32.1. The number of amides is 1. The predicted octanol–water partition coefficient (Wildman–Crippen LogP) is 0.896. The maximum Gasteiger partial charge on any atom is 0.326 e. The van der Waals surface area contributed by atoms with Gasteiger partial charge in [0, 0.05) is 29.9 Å². The third-order valence-corrected chi connectivity index (χ3v) is 5.19. The first kappa shape index (κ1) is 22.6. The molecule has 2 aliphatic rings. The van der Waals surface area contributed by atoms with Gasteiger partial charge in [0.25, 0.3) is 0 Å². The van der Waals surface area contributed by atoms with Gasteiger partial charge in [0.2, 0.25) is 5.91 Å². The van der Waals surface area contributed by atoms with Crippen LogP contribution < -0.4 is 0 Å². The molecule has 2 heterocycles. The minimum atomic E-state index is -0.577. The van der Waals surface area contributed by atoms with Crippen molar-refractivity contribution in [3.63, 3.8) is 0 Å². The van der Waals surface area contributed by atoms with E-state index in [2.05, 4.69) is 23.9 Å². The molecule has 2 aliphatic heterocycles. The molecule has 0 saturated carbocycles. The summed E-state index contributed by atoms with van der Waals surface area (Å²) >= 11 is 0. The van der Waals surface area contributed by atoms with Gasteiger partial charge < -0.3 is 19.1 Å². The lowest BCUT2D eigenvalue weighted by atomic mass is 9.84. The van der Waals surface area contributed by atoms with Gasteiger partial charge in [0.05, 0.1) is 12.2 Å². The molecule has 6 atom stereocenters. The smallest absolute Gasteiger partial charge is 0.326 e. The van der Waals surface area contributed by atoms with Crippen molar-refractivity contribution >= 4 is 27.6 Å². The highest BCUT2D eigenvalue weighted by Crippen LogP contribution is 2.31. The quantitative estimate of drug-likeness (QED) is 0.202. The molecule has 6 unspecified atom stereocenters. The summed E-state index contributed by atoms with van der Waals surface area (Å²) in [5, 5.41) is 3.30. The number of hydrogen-bond acceptors (Lipinski definition) is 6. The molecule has 28 heavy (non-hydrogen) atoms. The van der Waals surface area contributed by atoms with Crippen LogP contribution in [-0.4, -0.2) is 82.4 Å². The van der Waals surface area contributed by atoms with E-state index >= 15 is 0 Å². The molecular weight excluding hydrogens is 362 g/mol. The fourth-order valence-corrected chi connectivity index (χ4v) is 3.69. The Morgan fingerprint density at radius 3 is 2.54 bits per heavy atom. The first-order valence-electron chi connectivity index (χ1n) is 9.51. The van der Waals surface area contributed by atoms with Gasteiger partial charge >= 0.3 is 5.97 Å². The molecule has 2 fully saturated rings. The van der Waals surface area contributed by atoms with Gasteiger partial charge in [-0.15, -0.1) is 0 Å². The zero-order valence-corrected chi connectivity index (χ0v) is 16.6. The van der Waals surface area contributed by atoms with Crippen LogP contribution in [0.3, 0.4) is 0 Å². The van der Waals surface area contributed by atoms with E-state index in [4.69, 9.17) is 35.4 Å². The van der Waals surface area contributed by atoms with E-state index < -0.39 is 30.0 Å².